The van der Waals surface area contributed by atoms with Crippen LogP contribution in [0.5, 0.6) is 0 Å². The molecule has 1 aromatic heterocycles. The van der Waals surface area contributed by atoms with Crippen LogP contribution >= 0.6 is 11.5 Å². The van der Waals surface area contributed by atoms with Gasteiger partial charge in [-0.15, -0.1) is 0 Å². The van der Waals surface area contributed by atoms with Crippen molar-refractivity contribution in [2.24, 2.45) is 0 Å². The minimum atomic E-state index is -0.200. The molecule has 7 nitrogen and oxygen atoms in total. The molecule has 3 N–H and O–H groups in total. The molecule has 0 spiro atoms. The van der Waals surface area contributed by atoms with Crippen molar-refractivity contribution in [3.63, 3.8) is 0 Å². The lowest BCUT2D eigenvalue weighted by molar-refractivity contribution is -0.127. The van der Waals surface area contributed by atoms with Crippen LogP contribution in [0.2, 0.25) is 0 Å². The van der Waals surface area contributed by atoms with E-state index in [1.54, 1.807) is 14.1 Å². The molecule has 0 aromatic carbocycles. The van der Waals surface area contributed by atoms with Gasteiger partial charge in [0.05, 0.1) is 6.54 Å². The van der Waals surface area contributed by atoms with Gasteiger partial charge in [0, 0.05) is 26.7 Å². The second-order valence-electron chi connectivity index (χ2n) is 5.30. The molecule has 1 aliphatic carbocycles. The van der Waals surface area contributed by atoms with E-state index in [0.29, 0.717) is 17.1 Å². The van der Waals surface area contributed by atoms with Crippen molar-refractivity contribution >= 4 is 34.2 Å². The zero-order valence-corrected chi connectivity index (χ0v) is 13.4. The standard InChI is InChI=1S/C13H21N5O2S/c1-4-18(7-9(19)17(2)3)13-10(11(14)16-21-13)12(20)15-8-5-6-8/h8H,4-7H2,1-3H3,(H2,14,16)(H,15,20). The fourth-order valence-corrected chi connectivity index (χ4v) is 2.71. The molecule has 2 amide bonds. The maximum atomic E-state index is 12.3. The summed E-state index contributed by atoms with van der Waals surface area (Å²) in [5, 5.41) is 3.57. The van der Waals surface area contributed by atoms with Crippen LogP contribution in [0.4, 0.5) is 10.8 Å². The summed E-state index contributed by atoms with van der Waals surface area (Å²) in [6.07, 6.45) is 2.02. The molecular weight excluding hydrogens is 290 g/mol. The van der Waals surface area contributed by atoms with Crippen LogP contribution in [0.25, 0.3) is 0 Å². The van der Waals surface area contributed by atoms with Crippen molar-refractivity contribution in [3.8, 4) is 0 Å². The number of likely N-dealkylation sites (N-methyl/N-ethyl adjacent to an activating group) is 2. The van der Waals surface area contributed by atoms with Gasteiger partial charge in [0.25, 0.3) is 5.91 Å². The second kappa shape index (κ2) is 6.30. The van der Waals surface area contributed by atoms with E-state index in [9.17, 15) is 9.59 Å². The molecule has 21 heavy (non-hydrogen) atoms. The molecule has 116 valence electrons. The number of aromatic nitrogens is 1. The van der Waals surface area contributed by atoms with Crippen molar-refractivity contribution in [2.45, 2.75) is 25.8 Å². The van der Waals surface area contributed by atoms with Crippen LogP contribution in [0.3, 0.4) is 0 Å². The van der Waals surface area contributed by atoms with E-state index >= 15 is 0 Å². The molecule has 8 heteroatoms. The molecule has 0 radical (unpaired) electrons. The predicted octanol–water partition coefficient (Wildman–Crippen LogP) is 0.532. The number of hydrogen-bond acceptors (Lipinski definition) is 6. The lowest BCUT2D eigenvalue weighted by Crippen LogP contribution is -2.37. The molecule has 1 aliphatic rings. The number of nitrogens with two attached hydrogens (primary N) is 1. The molecule has 0 unspecified atom stereocenters. The predicted molar refractivity (Wildman–Crippen MR) is 83.6 cm³/mol. The third-order valence-electron chi connectivity index (χ3n) is 3.33. The molecule has 0 bridgehead atoms. The SMILES string of the molecule is CCN(CC(=O)N(C)C)c1snc(N)c1C(=O)NC1CC1. The summed E-state index contributed by atoms with van der Waals surface area (Å²) in [6, 6.07) is 0.253. The van der Waals surface area contributed by atoms with Gasteiger partial charge >= 0.3 is 0 Å². The first kappa shape index (κ1) is 15.6. The van der Waals surface area contributed by atoms with Crippen LogP contribution in [-0.2, 0) is 4.79 Å². The molecule has 1 saturated carbocycles. The Balaban J connectivity index is 2.20. The summed E-state index contributed by atoms with van der Waals surface area (Å²) in [4.78, 5) is 27.5. The Hall–Kier alpha value is -1.83. The Bertz CT molecular complexity index is 539. The molecule has 1 fully saturated rings. The van der Waals surface area contributed by atoms with E-state index in [-0.39, 0.29) is 30.2 Å². The number of nitrogens with one attached hydrogen (secondary N) is 1. The van der Waals surface area contributed by atoms with Crippen LogP contribution in [0.15, 0.2) is 0 Å². The van der Waals surface area contributed by atoms with E-state index in [1.807, 2.05) is 11.8 Å². The highest BCUT2D eigenvalue weighted by Crippen LogP contribution is 2.31. The molecule has 0 atom stereocenters. The number of amides is 2. The van der Waals surface area contributed by atoms with Gasteiger partial charge < -0.3 is 20.9 Å². The van der Waals surface area contributed by atoms with Gasteiger partial charge in [-0.25, -0.2) is 0 Å². The largest absolute Gasteiger partial charge is 0.382 e. The highest BCUT2D eigenvalue weighted by molar-refractivity contribution is 7.11. The molecule has 1 heterocycles. The van der Waals surface area contributed by atoms with E-state index < -0.39 is 0 Å². The normalized spacial score (nSPS) is 13.9. The lowest BCUT2D eigenvalue weighted by atomic mass is 10.2. The lowest BCUT2D eigenvalue weighted by Gasteiger charge is -2.23. The zero-order valence-electron chi connectivity index (χ0n) is 12.5. The number of nitrogens with zero attached hydrogens (tertiary/aromatic N) is 3. The third-order valence-corrected chi connectivity index (χ3v) is 4.26. The second-order valence-corrected chi connectivity index (χ2v) is 6.05. The summed E-state index contributed by atoms with van der Waals surface area (Å²) in [5.74, 6) is -0.00391. The fraction of sp³-hybridized carbons (Fsp3) is 0.615. The number of nitrogen functional groups attached to an aromatic ring is 1. The third kappa shape index (κ3) is 3.63. The highest BCUT2D eigenvalue weighted by Gasteiger charge is 2.29. The topological polar surface area (TPSA) is 91.6 Å². The van der Waals surface area contributed by atoms with Crippen molar-refractivity contribution in [1.82, 2.24) is 14.6 Å². The molecule has 0 aliphatic heterocycles. The molecule has 2 rings (SSSR count). The first-order chi connectivity index (χ1) is 9.93. The molecule has 1 aromatic rings. The van der Waals surface area contributed by atoms with Crippen LogP contribution < -0.4 is 16.0 Å². The maximum absolute atomic E-state index is 12.3. The van der Waals surface area contributed by atoms with Gasteiger partial charge in [-0.05, 0) is 31.3 Å². The summed E-state index contributed by atoms with van der Waals surface area (Å²) in [7, 11) is 3.41. The van der Waals surface area contributed by atoms with E-state index in [0.717, 1.165) is 24.4 Å². The first-order valence-electron chi connectivity index (χ1n) is 6.95. The Kier molecular flexibility index (Phi) is 4.66. The van der Waals surface area contributed by atoms with Crippen molar-refractivity contribution < 1.29 is 9.59 Å². The van der Waals surface area contributed by atoms with Gasteiger partial charge in [-0.1, -0.05) is 0 Å². The maximum Gasteiger partial charge on any atom is 0.258 e. The molecule has 0 saturated heterocycles. The average Bonchev–Trinajstić information content (AvgIpc) is 3.16. The van der Waals surface area contributed by atoms with Crippen LogP contribution in [0.1, 0.15) is 30.1 Å². The van der Waals surface area contributed by atoms with E-state index in [2.05, 4.69) is 9.69 Å². The minimum Gasteiger partial charge on any atom is -0.382 e. The number of rotatable bonds is 6. The van der Waals surface area contributed by atoms with Crippen LogP contribution in [-0.4, -0.2) is 54.3 Å². The molecular formula is C13H21N5O2S. The van der Waals surface area contributed by atoms with Gasteiger partial charge in [0.2, 0.25) is 5.91 Å². The van der Waals surface area contributed by atoms with Gasteiger partial charge in [-0.2, -0.15) is 4.37 Å². The van der Waals surface area contributed by atoms with Gasteiger partial charge in [0.1, 0.15) is 10.6 Å². The number of carbonyl (C=O) groups excluding carboxylic acids is 2. The quantitative estimate of drug-likeness (QED) is 0.800. The number of carbonyl (C=O) groups is 2. The summed E-state index contributed by atoms with van der Waals surface area (Å²) in [6.45, 7) is 2.74. The fourth-order valence-electron chi connectivity index (χ4n) is 1.84. The highest BCUT2D eigenvalue weighted by atomic mass is 32.1. The van der Waals surface area contributed by atoms with Crippen molar-refractivity contribution in [3.05, 3.63) is 5.56 Å². The Labute approximate surface area is 128 Å². The summed E-state index contributed by atoms with van der Waals surface area (Å²) >= 11 is 1.16. The Morgan fingerprint density at radius 3 is 2.62 bits per heavy atom. The number of anilines is 2. The summed E-state index contributed by atoms with van der Waals surface area (Å²) in [5.41, 5.74) is 6.23. The van der Waals surface area contributed by atoms with Crippen LogP contribution in [0, 0.1) is 0 Å². The first-order valence-corrected chi connectivity index (χ1v) is 7.72. The zero-order chi connectivity index (χ0) is 15.6. The van der Waals surface area contributed by atoms with E-state index in [1.165, 1.54) is 4.90 Å². The Morgan fingerprint density at radius 1 is 1.43 bits per heavy atom. The minimum absolute atomic E-state index is 0.0302. The van der Waals surface area contributed by atoms with Crippen molar-refractivity contribution in [2.75, 3.05) is 37.8 Å². The summed E-state index contributed by atoms with van der Waals surface area (Å²) < 4.78 is 4.08. The van der Waals surface area contributed by atoms with Gasteiger partial charge in [0.15, 0.2) is 5.82 Å². The van der Waals surface area contributed by atoms with Crippen molar-refractivity contribution in [1.29, 1.82) is 0 Å². The smallest absolute Gasteiger partial charge is 0.258 e. The average molecular weight is 311 g/mol. The Morgan fingerprint density at radius 2 is 2.10 bits per heavy atom. The van der Waals surface area contributed by atoms with E-state index in [4.69, 9.17) is 5.73 Å². The monoisotopic (exact) mass is 311 g/mol. The van der Waals surface area contributed by atoms with Gasteiger partial charge in [-0.3, -0.25) is 9.59 Å². The number of hydrogen-bond donors (Lipinski definition) is 2.